The molecule has 0 aromatic carbocycles. The third-order valence-electron chi connectivity index (χ3n) is 2.89. The molecule has 1 N–H and O–H groups in total. The molecule has 0 aliphatic carbocycles. The van der Waals surface area contributed by atoms with E-state index in [2.05, 4.69) is 20.8 Å². The average molecular weight is 200 g/mol. The van der Waals surface area contributed by atoms with Gasteiger partial charge in [0.25, 0.3) is 0 Å². The standard InChI is InChI=1S/C10H20O2Si/c1-5-13(6-2,7-3)10(12)8-9(4)11/h8,11H,5-7H2,1-4H3/b9-8-. The lowest BCUT2D eigenvalue weighted by molar-refractivity contribution is -0.108. The maximum Gasteiger partial charge on any atom is 0.137 e. The first-order chi connectivity index (χ1) is 6.02. The summed E-state index contributed by atoms with van der Waals surface area (Å²) in [6.45, 7) is 7.80. The van der Waals surface area contributed by atoms with E-state index in [1.165, 1.54) is 6.08 Å². The minimum absolute atomic E-state index is 0.136. The summed E-state index contributed by atoms with van der Waals surface area (Å²) in [7, 11) is -1.76. The second-order valence-electron chi connectivity index (χ2n) is 3.49. The van der Waals surface area contributed by atoms with Crippen molar-refractivity contribution in [1.29, 1.82) is 0 Å². The van der Waals surface area contributed by atoms with Gasteiger partial charge in [0.15, 0.2) is 0 Å². The Morgan fingerprint density at radius 2 is 1.62 bits per heavy atom. The summed E-state index contributed by atoms with van der Waals surface area (Å²) in [5.74, 6) is 0.136. The first kappa shape index (κ1) is 12.4. The first-order valence-corrected chi connectivity index (χ1v) is 7.56. The van der Waals surface area contributed by atoms with Crippen molar-refractivity contribution >= 4 is 13.5 Å². The van der Waals surface area contributed by atoms with Gasteiger partial charge in [-0.2, -0.15) is 0 Å². The van der Waals surface area contributed by atoms with Gasteiger partial charge in [-0.1, -0.05) is 38.9 Å². The number of hydrogen-bond acceptors (Lipinski definition) is 2. The van der Waals surface area contributed by atoms with E-state index in [1.54, 1.807) is 6.92 Å². The summed E-state index contributed by atoms with van der Waals surface area (Å²) >= 11 is 0. The molecule has 3 heteroatoms. The fraction of sp³-hybridized carbons (Fsp3) is 0.700. The molecule has 0 aliphatic heterocycles. The van der Waals surface area contributed by atoms with Crippen molar-refractivity contribution in [1.82, 2.24) is 0 Å². The predicted octanol–water partition coefficient (Wildman–Crippen LogP) is 3.07. The van der Waals surface area contributed by atoms with Crippen LogP contribution in [0.25, 0.3) is 0 Å². The molecule has 13 heavy (non-hydrogen) atoms. The molecule has 0 spiro atoms. The Morgan fingerprint density at radius 1 is 1.23 bits per heavy atom. The lowest BCUT2D eigenvalue weighted by atomic mass is 10.5. The molecule has 0 saturated carbocycles. The quantitative estimate of drug-likeness (QED) is 0.421. The van der Waals surface area contributed by atoms with Crippen molar-refractivity contribution in [2.24, 2.45) is 0 Å². The van der Waals surface area contributed by atoms with Crippen LogP contribution in [0.1, 0.15) is 27.7 Å². The number of aliphatic hydroxyl groups is 1. The summed E-state index contributed by atoms with van der Waals surface area (Å²) in [4.78, 5) is 11.8. The highest BCUT2D eigenvalue weighted by atomic mass is 28.3. The van der Waals surface area contributed by atoms with E-state index < -0.39 is 8.07 Å². The van der Waals surface area contributed by atoms with Crippen molar-refractivity contribution in [2.45, 2.75) is 45.8 Å². The molecule has 0 atom stereocenters. The summed E-state index contributed by atoms with van der Waals surface area (Å²) in [6.07, 6.45) is 1.41. The smallest absolute Gasteiger partial charge is 0.137 e. The van der Waals surface area contributed by atoms with Gasteiger partial charge in [-0.15, -0.1) is 0 Å². The van der Waals surface area contributed by atoms with E-state index in [-0.39, 0.29) is 11.2 Å². The second-order valence-corrected chi connectivity index (χ2v) is 8.67. The van der Waals surface area contributed by atoms with Crippen molar-refractivity contribution < 1.29 is 9.90 Å². The van der Waals surface area contributed by atoms with Crippen LogP contribution in [0.15, 0.2) is 11.8 Å². The zero-order valence-corrected chi connectivity index (χ0v) is 10.1. The van der Waals surface area contributed by atoms with Crippen LogP contribution in [0, 0.1) is 0 Å². The largest absolute Gasteiger partial charge is 0.513 e. The fourth-order valence-electron chi connectivity index (χ4n) is 1.62. The molecule has 0 saturated heterocycles. The predicted molar refractivity (Wildman–Crippen MR) is 58.6 cm³/mol. The molecule has 0 aliphatic rings. The number of hydrogen-bond donors (Lipinski definition) is 1. The molecule has 0 aromatic rings. The zero-order valence-electron chi connectivity index (χ0n) is 9.05. The van der Waals surface area contributed by atoms with E-state index in [0.717, 1.165) is 18.1 Å². The van der Waals surface area contributed by atoms with Crippen LogP contribution in [0.5, 0.6) is 0 Å². The summed E-state index contributed by atoms with van der Waals surface area (Å²) in [5, 5.41) is 9.23. The Balaban J connectivity index is 4.74. The van der Waals surface area contributed by atoms with Crippen molar-refractivity contribution in [2.75, 3.05) is 0 Å². The van der Waals surface area contributed by atoms with Gasteiger partial charge in [0.1, 0.15) is 13.5 Å². The van der Waals surface area contributed by atoms with Crippen LogP contribution in [-0.2, 0) is 4.79 Å². The van der Waals surface area contributed by atoms with Gasteiger partial charge >= 0.3 is 0 Å². The highest BCUT2D eigenvalue weighted by Crippen LogP contribution is 2.21. The van der Waals surface area contributed by atoms with Gasteiger partial charge in [0.05, 0.1) is 5.76 Å². The fourth-order valence-corrected chi connectivity index (χ4v) is 4.68. The monoisotopic (exact) mass is 200 g/mol. The average Bonchev–Trinajstić information content (AvgIpc) is 2.07. The van der Waals surface area contributed by atoms with Crippen LogP contribution < -0.4 is 0 Å². The van der Waals surface area contributed by atoms with Gasteiger partial charge in [-0.3, -0.25) is 0 Å². The van der Waals surface area contributed by atoms with Gasteiger partial charge in [-0.25, -0.2) is 0 Å². The SMILES string of the molecule is CC[Si](CC)(CC)C(=O)/C=C(/C)O. The molecule has 0 amide bonds. The molecule has 0 radical (unpaired) electrons. The molecular weight excluding hydrogens is 180 g/mol. The molecule has 0 rings (SSSR count). The second kappa shape index (κ2) is 5.22. The lowest BCUT2D eigenvalue weighted by Crippen LogP contribution is -2.41. The maximum absolute atomic E-state index is 11.8. The summed E-state index contributed by atoms with van der Waals surface area (Å²) < 4.78 is 0. The van der Waals surface area contributed by atoms with Crippen molar-refractivity contribution in [3.8, 4) is 0 Å². The number of rotatable bonds is 5. The lowest BCUT2D eigenvalue weighted by Gasteiger charge is -2.24. The Hall–Kier alpha value is -0.573. The molecule has 0 bridgehead atoms. The van der Waals surface area contributed by atoms with Gasteiger partial charge < -0.3 is 9.90 Å². The first-order valence-electron chi connectivity index (χ1n) is 4.94. The van der Waals surface area contributed by atoms with Crippen LogP contribution in [0.2, 0.25) is 18.1 Å². The van der Waals surface area contributed by atoms with Gasteiger partial charge in [0, 0.05) is 6.08 Å². The molecule has 2 nitrogen and oxygen atoms in total. The Morgan fingerprint density at radius 3 is 1.85 bits per heavy atom. The van der Waals surface area contributed by atoms with Crippen molar-refractivity contribution in [3.05, 3.63) is 11.8 Å². The summed E-state index contributed by atoms with van der Waals surface area (Å²) in [6, 6.07) is 2.92. The Bertz CT molecular complexity index is 193. The zero-order chi connectivity index (χ0) is 10.5. The number of carbonyl (C=O) groups excluding carboxylic acids is 1. The minimum Gasteiger partial charge on any atom is -0.513 e. The van der Waals surface area contributed by atoms with Crippen molar-refractivity contribution in [3.63, 3.8) is 0 Å². The summed E-state index contributed by atoms with van der Waals surface area (Å²) in [5.41, 5.74) is 0. The van der Waals surface area contributed by atoms with E-state index in [4.69, 9.17) is 5.11 Å². The normalized spacial score (nSPS) is 13.1. The third kappa shape index (κ3) is 2.99. The number of carbonyl (C=O) groups is 1. The topological polar surface area (TPSA) is 37.3 Å². The highest BCUT2D eigenvalue weighted by Gasteiger charge is 2.34. The minimum atomic E-state index is -1.76. The molecule has 0 fully saturated rings. The van der Waals surface area contributed by atoms with Gasteiger partial charge in [-0.05, 0) is 6.92 Å². The van der Waals surface area contributed by atoms with Gasteiger partial charge in [0.2, 0.25) is 0 Å². The van der Waals surface area contributed by atoms with E-state index in [0.29, 0.717) is 0 Å². The maximum atomic E-state index is 11.8. The molecule has 76 valence electrons. The van der Waals surface area contributed by atoms with Crippen LogP contribution in [-0.4, -0.2) is 18.6 Å². The van der Waals surface area contributed by atoms with E-state index in [1.807, 2.05) is 0 Å². The highest BCUT2D eigenvalue weighted by molar-refractivity contribution is 7.07. The van der Waals surface area contributed by atoms with Crippen LogP contribution >= 0.6 is 0 Å². The van der Waals surface area contributed by atoms with Crippen LogP contribution in [0.4, 0.5) is 0 Å². The molecular formula is C10H20O2Si. The Labute approximate surface area is 81.7 Å². The number of allylic oxidation sites excluding steroid dienone is 2. The molecule has 0 heterocycles. The molecule has 0 aromatic heterocycles. The van der Waals surface area contributed by atoms with E-state index in [9.17, 15) is 4.79 Å². The van der Waals surface area contributed by atoms with E-state index >= 15 is 0 Å². The Kier molecular flexibility index (Phi) is 4.99. The third-order valence-corrected chi connectivity index (χ3v) is 8.14. The molecule has 0 unspecified atom stereocenters. The van der Waals surface area contributed by atoms with Crippen LogP contribution in [0.3, 0.4) is 0 Å². The number of aliphatic hydroxyl groups excluding tert-OH is 1.